The number of nitrogens with one attached hydrogen (secondary N) is 1. The first kappa shape index (κ1) is 21.3. The summed E-state index contributed by atoms with van der Waals surface area (Å²) < 4.78 is 7.08. The summed E-state index contributed by atoms with van der Waals surface area (Å²) in [5, 5.41) is 16.4. The van der Waals surface area contributed by atoms with Gasteiger partial charge in [0, 0.05) is 55.3 Å². The Hall–Kier alpha value is -3.92. The second kappa shape index (κ2) is 9.06. The number of nitrogens with two attached hydrogens (primary N) is 1. The van der Waals surface area contributed by atoms with E-state index in [0.29, 0.717) is 30.8 Å². The Bertz CT molecular complexity index is 1140. The highest BCUT2D eigenvalue weighted by Crippen LogP contribution is 2.23. The van der Waals surface area contributed by atoms with Crippen molar-refractivity contribution in [3.8, 4) is 16.9 Å². The van der Waals surface area contributed by atoms with Crippen molar-refractivity contribution in [2.75, 3.05) is 18.8 Å². The molecule has 0 radical (unpaired) electrons. The van der Waals surface area contributed by atoms with Crippen molar-refractivity contribution in [3.05, 3.63) is 60.0 Å². The van der Waals surface area contributed by atoms with Gasteiger partial charge in [0.1, 0.15) is 11.6 Å². The molecule has 1 atom stereocenters. The van der Waals surface area contributed by atoms with Crippen molar-refractivity contribution in [2.45, 2.75) is 19.1 Å². The number of aromatic nitrogens is 3. The average Bonchev–Trinajstić information content (AvgIpc) is 3.43. The predicted octanol–water partition coefficient (Wildman–Crippen LogP) is 1.56. The zero-order chi connectivity index (χ0) is 22.7. The van der Waals surface area contributed by atoms with Gasteiger partial charge in [-0.15, -0.1) is 0 Å². The Morgan fingerprint density at radius 2 is 2.09 bits per heavy atom. The fourth-order valence-corrected chi connectivity index (χ4v) is 3.59. The van der Waals surface area contributed by atoms with Crippen LogP contribution in [0.4, 0.5) is 10.6 Å². The van der Waals surface area contributed by atoms with Crippen molar-refractivity contribution < 1.29 is 19.4 Å². The Labute approximate surface area is 184 Å². The standard InChI is InChI=1S/C22H24N6O4/c1-27-11-16(10-25-27)15-8-18(20(23)24-9-15)21(30)26-17-6-7-28(12-17)22(31)32-19-5-3-2-4-14(19)13-29/h2-5,8-11,17,29H,6-7,12-13H2,1H3,(H2,23,24)(H,26,30)/t17-/m1/s1. The summed E-state index contributed by atoms with van der Waals surface area (Å²) in [5.74, 6) is 0.0927. The molecule has 4 N–H and O–H groups in total. The van der Waals surface area contributed by atoms with E-state index in [1.165, 1.54) is 4.90 Å². The maximum Gasteiger partial charge on any atom is 0.415 e. The smallest absolute Gasteiger partial charge is 0.410 e. The normalized spacial score (nSPS) is 15.6. The molecule has 1 aliphatic rings. The molecule has 1 saturated heterocycles. The lowest BCUT2D eigenvalue weighted by atomic mass is 10.1. The van der Waals surface area contributed by atoms with E-state index in [-0.39, 0.29) is 29.9 Å². The van der Waals surface area contributed by atoms with E-state index in [1.54, 1.807) is 54.5 Å². The SMILES string of the molecule is Cn1cc(-c2cnc(N)c(C(=O)N[C@@H]3CCN(C(=O)Oc4ccccc4CO)C3)c2)cn1. The minimum absolute atomic E-state index is 0.130. The van der Waals surface area contributed by atoms with Crippen LogP contribution in [0.2, 0.25) is 0 Å². The van der Waals surface area contributed by atoms with E-state index >= 15 is 0 Å². The molecule has 10 nitrogen and oxygen atoms in total. The van der Waals surface area contributed by atoms with Crippen LogP contribution in [0.1, 0.15) is 22.3 Å². The number of aliphatic hydroxyl groups excluding tert-OH is 1. The molecule has 3 aromatic rings. The van der Waals surface area contributed by atoms with Crippen LogP contribution in [0.15, 0.2) is 48.9 Å². The first-order valence-electron chi connectivity index (χ1n) is 10.2. The number of hydrogen-bond donors (Lipinski definition) is 3. The number of carbonyl (C=O) groups excluding carboxylic acids is 2. The Balaban J connectivity index is 1.39. The van der Waals surface area contributed by atoms with Crippen LogP contribution < -0.4 is 15.8 Å². The topological polar surface area (TPSA) is 136 Å². The van der Waals surface area contributed by atoms with Gasteiger partial charge >= 0.3 is 6.09 Å². The van der Waals surface area contributed by atoms with Crippen LogP contribution in [0.25, 0.3) is 11.1 Å². The molecule has 10 heteroatoms. The number of aryl methyl sites for hydroxylation is 1. The molecule has 4 rings (SSSR count). The number of hydrogen-bond acceptors (Lipinski definition) is 7. The number of aliphatic hydroxyl groups is 1. The zero-order valence-corrected chi connectivity index (χ0v) is 17.6. The monoisotopic (exact) mass is 436 g/mol. The maximum atomic E-state index is 12.8. The number of nitrogen functional groups attached to an aromatic ring is 1. The van der Waals surface area contributed by atoms with Crippen LogP contribution in [0, 0.1) is 0 Å². The molecular formula is C22H24N6O4. The van der Waals surface area contributed by atoms with Crippen molar-refractivity contribution >= 4 is 17.8 Å². The molecule has 166 valence electrons. The summed E-state index contributed by atoms with van der Waals surface area (Å²) in [5.41, 5.74) is 8.29. The lowest BCUT2D eigenvalue weighted by Crippen LogP contribution is -2.39. The van der Waals surface area contributed by atoms with Crippen molar-refractivity contribution in [1.82, 2.24) is 25.0 Å². The van der Waals surface area contributed by atoms with Crippen molar-refractivity contribution in [3.63, 3.8) is 0 Å². The molecule has 3 heterocycles. The van der Waals surface area contributed by atoms with E-state index in [9.17, 15) is 14.7 Å². The third-order valence-electron chi connectivity index (χ3n) is 5.32. The molecule has 2 aromatic heterocycles. The molecular weight excluding hydrogens is 412 g/mol. The number of carbonyl (C=O) groups is 2. The summed E-state index contributed by atoms with van der Waals surface area (Å²) in [6.45, 7) is 0.520. The van der Waals surface area contributed by atoms with Crippen LogP contribution in [-0.4, -0.2) is 55.9 Å². The van der Waals surface area contributed by atoms with Crippen molar-refractivity contribution in [2.24, 2.45) is 7.05 Å². The molecule has 0 unspecified atom stereocenters. The van der Waals surface area contributed by atoms with E-state index < -0.39 is 6.09 Å². The van der Waals surface area contributed by atoms with E-state index in [2.05, 4.69) is 15.4 Å². The third-order valence-corrected chi connectivity index (χ3v) is 5.32. The highest BCUT2D eigenvalue weighted by molar-refractivity contribution is 5.99. The van der Waals surface area contributed by atoms with Gasteiger partial charge in [-0.2, -0.15) is 5.10 Å². The van der Waals surface area contributed by atoms with Crippen LogP contribution >= 0.6 is 0 Å². The Morgan fingerprint density at radius 1 is 1.28 bits per heavy atom. The average molecular weight is 436 g/mol. The molecule has 1 fully saturated rings. The molecule has 1 aliphatic heterocycles. The van der Waals surface area contributed by atoms with Gasteiger partial charge in [0.25, 0.3) is 5.91 Å². The number of anilines is 1. The molecule has 0 bridgehead atoms. The van der Waals surface area contributed by atoms with Gasteiger partial charge in [-0.05, 0) is 18.6 Å². The van der Waals surface area contributed by atoms with Gasteiger partial charge in [-0.25, -0.2) is 9.78 Å². The van der Waals surface area contributed by atoms with Gasteiger partial charge in [0.05, 0.1) is 18.4 Å². The van der Waals surface area contributed by atoms with Crippen LogP contribution in [-0.2, 0) is 13.7 Å². The molecule has 0 saturated carbocycles. The van der Waals surface area contributed by atoms with E-state index in [4.69, 9.17) is 10.5 Å². The maximum absolute atomic E-state index is 12.8. The van der Waals surface area contributed by atoms with E-state index in [0.717, 1.165) is 11.1 Å². The summed E-state index contributed by atoms with van der Waals surface area (Å²) in [7, 11) is 1.81. The number of ether oxygens (including phenoxy) is 1. The van der Waals surface area contributed by atoms with Crippen molar-refractivity contribution in [1.29, 1.82) is 0 Å². The van der Waals surface area contributed by atoms with Crippen LogP contribution in [0.5, 0.6) is 5.75 Å². The second-order valence-electron chi connectivity index (χ2n) is 7.60. The predicted molar refractivity (Wildman–Crippen MR) is 117 cm³/mol. The quantitative estimate of drug-likeness (QED) is 0.552. The fraction of sp³-hybridized carbons (Fsp3) is 0.273. The minimum Gasteiger partial charge on any atom is -0.410 e. The largest absolute Gasteiger partial charge is 0.415 e. The molecule has 32 heavy (non-hydrogen) atoms. The highest BCUT2D eigenvalue weighted by atomic mass is 16.6. The lowest BCUT2D eigenvalue weighted by molar-refractivity contribution is 0.0937. The molecule has 0 spiro atoms. The number of nitrogens with zero attached hydrogens (tertiary/aromatic N) is 4. The number of benzene rings is 1. The number of para-hydroxylation sites is 1. The summed E-state index contributed by atoms with van der Waals surface area (Å²) in [4.78, 5) is 31.0. The van der Waals surface area contributed by atoms with E-state index in [1.807, 2.05) is 6.20 Å². The zero-order valence-electron chi connectivity index (χ0n) is 17.6. The fourth-order valence-electron chi connectivity index (χ4n) is 3.59. The van der Waals surface area contributed by atoms with Gasteiger partial charge in [-0.3, -0.25) is 9.48 Å². The lowest BCUT2D eigenvalue weighted by Gasteiger charge is -2.18. The minimum atomic E-state index is -0.526. The summed E-state index contributed by atoms with van der Waals surface area (Å²) in [6.07, 6.45) is 5.16. The highest BCUT2D eigenvalue weighted by Gasteiger charge is 2.29. The Morgan fingerprint density at radius 3 is 2.84 bits per heavy atom. The van der Waals surface area contributed by atoms with Crippen LogP contribution in [0.3, 0.4) is 0 Å². The Kier molecular flexibility index (Phi) is 6.04. The first-order valence-corrected chi connectivity index (χ1v) is 10.2. The third kappa shape index (κ3) is 4.54. The van der Waals surface area contributed by atoms with Gasteiger partial charge in [0.15, 0.2) is 0 Å². The molecule has 2 amide bonds. The summed E-state index contributed by atoms with van der Waals surface area (Å²) in [6, 6.07) is 8.24. The number of amides is 2. The second-order valence-corrected chi connectivity index (χ2v) is 7.60. The number of pyridine rings is 1. The number of rotatable bonds is 5. The first-order chi connectivity index (χ1) is 15.4. The molecule has 0 aliphatic carbocycles. The number of likely N-dealkylation sites (tertiary alicyclic amines) is 1. The van der Waals surface area contributed by atoms with Gasteiger partial charge < -0.3 is 25.8 Å². The summed E-state index contributed by atoms with van der Waals surface area (Å²) >= 11 is 0. The molecule has 1 aromatic carbocycles. The van der Waals surface area contributed by atoms with Gasteiger partial charge in [0.2, 0.25) is 0 Å². The van der Waals surface area contributed by atoms with Gasteiger partial charge in [-0.1, -0.05) is 18.2 Å².